The van der Waals surface area contributed by atoms with Crippen molar-refractivity contribution in [3.8, 4) is 11.5 Å². The quantitative estimate of drug-likeness (QED) is 0.0990. The molecular formula is C29H43N11O2. The number of anilines is 1. The maximum absolute atomic E-state index is 5.62. The van der Waals surface area contributed by atoms with Crippen LogP contribution in [0.15, 0.2) is 69.5 Å². The van der Waals surface area contributed by atoms with Gasteiger partial charge in [0.25, 0.3) is 0 Å². The summed E-state index contributed by atoms with van der Waals surface area (Å²) in [5, 5.41) is 29.1. The van der Waals surface area contributed by atoms with Crippen LogP contribution in [0.3, 0.4) is 0 Å². The maximum atomic E-state index is 5.62. The number of aromatic nitrogens is 6. The number of azo groups is 2. The Labute approximate surface area is 248 Å². The standard InChI is InChI=1S/C27H36N11O2.2CH3/c1-35-18-29-37(3)26(35)33-31-21-12-11-20(24(16-21)39-5)10-8-7-9-15-28-23-14-13-22(17-25(23)40-6)32-34-27-36(2)19-30-38(27)4;;/h11-14,16-19H,7-10,15H2,1-6H3;2*1H3/q+1;2*-1/p+1. The summed E-state index contributed by atoms with van der Waals surface area (Å²) in [4.78, 5) is 0. The summed E-state index contributed by atoms with van der Waals surface area (Å²) in [5.41, 5.74) is 3.53. The van der Waals surface area contributed by atoms with E-state index in [1.807, 2.05) is 63.1 Å². The van der Waals surface area contributed by atoms with Crippen molar-refractivity contribution in [1.82, 2.24) is 19.6 Å². The molecule has 0 fully saturated rings. The molecule has 42 heavy (non-hydrogen) atoms. The highest BCUT2D eigenvalue weighted by Gasteiger charge is 2.13. The lowest BCUT2D eigenvalue weighted by Gasteiger charge is -2.12. The minimum Gasteiger partial charge on any atom is -0.496 e. The summed E-state index contributed by atoms with van der Waals surface area (Å²) < 4.78 is 18.1. The zero-order chi connectivity index (χ0) is 28.5. The van der Waals surface area contributed by atoms with E-state index in [4.69, 9.17) is 9.47 Å². The van der Waals surface area contributed by atoms with Crippen molar-refractivity contribution in [2.45, 2.75) is 25.7 Å². The Balaban J connectivity index is 0.00000308. The Bertz CT molecular complexity index is 1340. The molecule has 0 aliphatic heterocycles. The fourth-order valence-corrected chi connectivity index (χ4v) is 4.18. The molecule has 0 unspecified atom stereocenters. The van der Waals surface area contributed by atoms with E-state index in [1.165, 1.54) is 0 Å². The molecule has 0 radical (unpaired) electrons. The van der Waals surface area contributed by atoms with Crippen LogP contribution in [0, 0.1) is 14.9 Å². The number of hydrogen-bond donors (Lipinski definition) is 1. The number of nitrogens with one attached hydrogen (secondary N) is 1. The van der Waals surface area contributed by atoms with Crippen molar-refractivity contribution < 1.29 is 18.6 Å². The normalized spacial score (nSPS) is 11.0. The fraction of sp³-hybridized carbons (Fsp3) is 0.379. The second-order valence-corrected chi connectivity index (χ2v) is 9.35. The minimum atomic E-state index is 0. The summed E-state index contributed by atoms with van der Waals surface area (Å²) in [5.74, 6) is 2.86. The molecule has 0 saturated heterocycles. The number of unbranched alkanes of at least 4 members (excludes halogenated alkanes) is 2. The van der Waals surface area contributed by atoms with E-state index in [2.05, 4.69) is 42.0 Å². The molecule has 13 heteroatoms. The third-order valence-electron chi connectivity index (χ3n) is 6.41. The number of hydrogen-bond acceptors (Lipinski definition) is 9. The van der Waals surface area contributed by atoms with E-state index in [1.54, 1.807) is 40.8 Å². The number of rotatable bonds is 13. The second-order valence-electron chi connectivity index (χ2n) is 9.35. The maximum Gasteiger partial charge on any atom is 0.403 e. The molecule has 0 bridgehead atoms. The molecule has 0 atom stereocenters. The van der Waals surface area contributed by atoms with Crippen LogP contribution in [0.25, 0.3) is 0 Å². The van der Waals surface area contributed by atoms with Crippen LogP contribution in [-0.4, -0.2) is 40.3 Å². The van der Waals surface area contributed by atoms with Crippen LogP contribution < -0.4 is 23.9 Å². The predicted octanol–water partition coefficient (Wildman–Crippen LogP) is 5.38. The van der Waals surface area contributed by atoms with E-state index >= 15 is 0 Å². The molecule has 2 heterocycles. The summed E-state index contributed by atoms with van der Waals surface area (Å²) in [6.45, 7) is 0.837. The molecule has 0 aliphatic rings. The number of methoxy groups -OCH3 is 2. The van der Waals surface area contributed by atoms with Crippen LogP contribution in [0.2, 0.25) is 0 Å². The molecule has 0 amide bonds. The number of nitrogens with zero attached hydrogens (tertiary/aromatic N) is 10. The van der Waals surface area contributed by atoms with Gasteiger partial charge in [-0.2, -0.15) is 0 Å². The Morgan fingerprint density at radius 1 is 0.738 bits per heavy atom. The average Bonchev–Trinajstić information content (AvgIpc) is 3.46. The van der Waals surface area contributed by atoms with Gasteiger partial charge >= 0.3 is 11.9 Å². The lowest BCUT2D eigenvalue weighted by molar-refractivity contribution is -0.659. The number of ether oxygens (including phenoxy) is 2. The van der Waals surface area contributed by atoms with Gasteiger partial charge in [-0.25, -0.2) is 9.13 Å². The van der Waals surface area contributed by atoms with Crippen molar-refractivity contribution in [2.24, 2.45) is 48.6 Å². The Kier molecular flexibility index (Phi) is 12.7. The average molecular weight is 578 g/mol. The number of benzene rings is 2. The minimum absolute atomic E-state index is 0. The van der Waals surface area contributed by atoms with Gasteiger partial charge in [-0.3, -0.25) is 0 Å². The molecule has 0 saturated carbocycles. The topological polar surface area (TPSA) is 123 Å². The zero-order valence-electron chi connectivity index (χ0n) is 25.9. The van der Waals surface area contributed by atoms with Crippen molar-refractivity contribution in [3.63, 3.8) is 0 Å². The monoisotopic (exact) mass is 577 g/mol. The van der Waals surface area contributed by atoms with Gasteiger partial charge in [-0.15, -0.1) is 9.36 Å². The lowest BCUT2D eigenvalue weighted by Crippen LogP contribution is -2.25. The first-order valence-electron chi connectivity index (χ1n) is 13.1. The van der Waals surface area contributed by atoms with E-state index in [9.17, 15) is 0 Å². The van der Waals surface area contributed by atoms with Gasteiger partial charge in [-0.1, -0.05) is 22.7 Å². The van der Waals surface area contributed by atoms with Gasteiger partial charge in [0.15, 0.2) is 0 Å². The highest BCUT2D eigenvalue weighted by Crippen LogP contribution is 2.30. The third kappa shape index (κ3) is 8.41. The van der Waals surface area contributed by atoms with Crippen LogP contribution in [0.4, 0.5) is 29.0 Å². The van der Waals surface area contributed by atoms with Crippen LogP contribution in [0.5, 0.6) is 11.5 Å². The summed E-state index contributed by atoms with van der Waals surface area (Å²) in [7, 11) is 10.8. The van der Waals surface area contributed by atoms with Crippen LogP contribution in [-0.2, 0) is 34.6 Å². The van der Waals surface area contributed by atoms with Gasteiger partial charge in [0.05, 0.1) is 48.1 Å². The molecule has 4 rings (SSSR count). The third-order valence-corrected chi connectivity index (χ3v) is 6.41. The molecule has 0 spiro atoms. The van der Waals surface area contributed by atoms with E-state index in [0.717, 1.165) is 60.7 Å². The van der Waals surface area contributed by atoms with Gasteiger partial charge in [0, 0.05) is 28.9 Å². The molecule has 13 nitrogen and oxygen atoms in total. The smallest absolute Gasteiger partial charge is 0.403 e. The van der Waals surface area contributed by atoms with E-state index in [0.29, 0.717) is 17.6 Å². The second kappa shape index (κ2) is 15.9. The summed E-state index contributed by atoms with van der Waals surface area (Å²) in [6, 6.07) is 11.7. The largest absolute Gasteiger partial charge is 0.496 e. The summed E-state index contributed by atoms with van der Waals surface area (Å²) in [6.07, 6.45) is 7.45. The van der Waals surface area contributed by atoms with Crippen molar-refractivity contribution in [2.75, 3.05) is 26.1 Å². The van der Waals surface area contributed by atoms with Gasteiger partial charge in [0.1, 0.15) is 22.9 Å². The molecule has 226 valence electrons. The first-order valence-corrected chi connectivity index (χ1v) is 13.1. The van der Waals surface area contributed by atoms with Gasteiger partial charge in [0.2, 0.25) is 12.7 Å². The van der Waals surface area contributed by atoms with E-state index < -0.39 is 0 Å². The van der Waals surface area contributed by atoms with Crippen LogP contribution in [0.1, 0.15) is 24.8 Å². The fourth-order valence-electron chi connectivity index (χ4n) is 4.18. The Hall–Kier alpha value is -4.68. The Morgan fingerprint density at radius 3 is 1.81 bits per heavy atom. The highest BCUT2D eigenvalue weighted by molar-refractivity contribution is 5.62. The molecule has 4 aromatic rings. The zero-order valence-corrected chi connectivity index (χ0v) is 25.9. The predicted molar refractivity (Wildman–Crippen MR) is 162 cm³/mol. The molecule has 2 aromatic carbocycles. The van der Waals surface area contributed by atoms with Crippen molar-refractivity contribution >= 4 is 29.0 Å². The highest BCUT2D eigenvalue weighted by atomic mass is 16.5. The summed E-state index contributed by atoms with van der Waals surface area (Å²) >= 11 is 0. The SMILES string of the molecule is COc1cc(N=Nc2n(C)nc[n+]2C)ccc1CCCCCNc1ccc(N=Nc2n(C)nc[n+]2C)cc1OC.[CH3-].[CH3-]. The molecular weight excluding hydrogens is 534 g/mol. The van der Waals surface area contributed by atoms with Gasteiger partial charge < -0.3 is 29.6 Å². The first kappa shape index (κ1) is 33.5. The molecule has 2 aromatic heterocycles. The van der Waals surface area contributed by atoms with Crippen LogP contribution >= 0.6 is 0 Å². The van der Waals surface area contributed by atoms with Gasteiger partial charge in [-0.05, 0) is 53.2 Å². The molecule has 1 N–H and O–H groups in total. The molecule has 0 aliphatic carbocycles. The lowest BCUT2D eigenvalue weighted by atomic mass is 10.1. The van der Waals surface area contributed by atoms with Crippen molar-refractivity contribution in [1.29, 1.82) is 0 Å². The van der Waals surface area contributed by atoms with E-state index in [-0.39, 0.29) is 14.9 Å². The Morgan fingerprint density at radius 2 is 1.29 bits per heavy atom. The van der Waals surface area contributed by atoms with Crippen molar-refractivity contribution in [3.05, 3.63) is 69.5 Å². The number of aryl methyl sites for hydroxylation is 5. The first-order chi connectivity index (χ1) is 19.4.